The van der Waals surface area contributed by atoms with Gasteiger partial charge in [0.05, 0.1) is 5.69 Å². The zero-order chi connectivity index (χ0) is 19.3. The lowest BCUT2D eigenvalue weighted by Gasteiger charge is -2.09. The fraction of sp³-hybridized carbons (Fsp3) is 0.0435. The summed E-state index contributed by atoms with van der Waals surface area (Å²) < 4.78 is 1.42. The van der Waals surface area contributed by atoms with E-state index in [9.17, 15) is 4.79 Å². The van der Waals surface area contributed by atoms with Crippen LogP contribution in [0.15, 0.2) is 91.0 Å². The summed E-state index contributed by atoms with van der Waals surface area (Å²) in [6.45, 7) is 0.530. The molecule has 0 unspecified atom stereocenters. The summed E-state index contributed by atoms with van der Waals surface area (Å²) >= 11 is 6.07. The Morgan fingerprint density at radius 1 is 0.893 bits per heavy atom. The van der Waals surface area contributed by atoms with Gasteiger partial charge in [-0.15, -0.1) is 0 Å². The summed E-state index contributed by atoms with van der Waals surface area (Å²) in [6, 6.07) is 28.4. The smallest absolute Gasteiger partial charge is 0.280 e. The van der Waals surface area contributed by atoms with Gasteiger partial charge in [0, 0.05) is 28.8 Å². The highest BCUT2D eigenvalue weighted by molar-refractivity contribution is 6.30. The lowest BCUT2D eigenvalue weighted by Crippen LogP contribution is -2.17. The first kappa shape index (κ1) is 18.0. The maximum Gasteiger partial charge on any atom is 0.280 e. The van der Waals surface area contributed by atoms with Crippen molar-refractivity contribution < 1.29 is 4.79 Å². The number of nitrogens with one attached hydrogen (secondary N) is 1. The van der Waals surface area contributed by atoms with E-state index in [0.717, 1.165) is 16.8 Å². The standard InChI is InChI=1S/C23H18ClN3O/c24-20-13-7-8-17(14-20)16-25-22-15-21(18-9-3-1-4-10-18)26-27(22)23(28)19-11-5-2-6-12-19/h1-15,25H,16H2. The van der Waals surface area contributed by atoms with Gasteiger partial charge in [0.1, 0.15) is 5.82 Å². The molecule has 0 fully saturated rings. The maximum absolute atomic E-state index is 13.0. The SMILES string of the molecule is O=C(c1ccccc1)n1nc(-c2ccccc2)cc1NCc1cccc(Cl)c1. The first-order chi connectivity index (χ1) is 13.7. The Bertz CT molecular complexity index is 1090. The molecule has 138 valence electrons. The van der Waals surface area contributed by atoms with Crippen LogP contribution in [0, 0.1) is 0 Å². The maximum atomic E-state index is 13.0. The number of carbonyl (C=O) groups excluding carboxylic acids is 1. The molecular formula is C23H18ClN3O. The van der Waals surface area contributed by atoms with Crippen molar-refractivity contribution in [1.82, 2.24) is 9.78 Å². The second-order valence-electron chi connectivity index (χ2n) is 6.35. The van der Waals surface area contributed by atoms with Gasteiger partial charge in [-0.25, -0.2) is 0 Å². The molecule has 0 atom stereocenters. The molecule has 0 aliphatic rings. The van der Waals surface area contributed by atoms with E-state index in [2.05, 4.69) is 10.4 Å². The lowest BCUT2D eigenvalue weighted by atomic mass is 10.1. The van der Waals surface area contributed by atoms with Crippen molar-refractivity contribution in [2.45, 2.75) is 6.54 Å². The highest BCUT2D eigenvalue weighted by Crippen LogP contribution is 2.23. The molecule has 3 aromatic carbocycles. The molecule has 4 nitrogen and oxygen atoms in total. The Labute approximate surface area is 168 Å². The van der Waals surface area contributed by atoms with Crippen molar-refractivity contribution in [3.05, 3.63) is 107 Å². The van der Waals surface area contributed by atoms with Crippen LogP contribution in [0.2, 0.25) is 5.02 Å². The molecule has 28 heavy (non-hydrogen) atoms. The highest BCUT2D eigenvalue weighted by Gasteiger charge is 2.17. The monoisotopic (exact) mass is 387 g/mol. The molecule has 4 rings (SSSR count). The zero-order valence-electron chi connectivity index (χ0n) is 15.0. The molecular weight excluding hydrogens is 370 g/mol. The Morgan fingerprint density at radius 3 is 2.32 bits per heavy atom. The van der Waals surface area contributed by atoms with Crippen molar-refractivity contribution in [3.8, 4) is 11.3 Å². The third-order valence-corrected chi connectivity index (χ3v) is 4.59. The van der Waals surface area contributed by atoms with Crippen LogP contribution >= 0.6 is 11.6 Å². The molecule has 4 aromatic rings. The minimum absolute atomic E-state index is 0.184. The Hall–Kier alpha value is -3.37. The summed E-state index contributed by atoms with van der Waals surface area (Å²) in [6.07, 6.45) is 0. The third kappa shape index (κ3) is 3.97. The van der Waals surface area contributed by atoms with Crippen molar-refractivity contribution >= 4 is 23.3 Å². The second kappa shape index (κ2) is 8.11. The van der Waals surface area contributed by atoms with Crippen molar-refractivity contribution in [1.29, 1.82) is 0 Å². The molecule has 0 aliphatic heterocycles. The van der Waals surface area contributed by atoms with E-state index in [4.69, 9.17) is 11.6 Å². The van der Waals surface area contributed by atoms with Gasteiger partial charge in [-0.1, -0.05) is 72.3 Å². The Kier molecular flexibility index (Phi) is 5.22. The first-order valence-electron chi connectivity index (χ1n) is 8.94. The summed E-state index contributed by atoms with van der Waals surface area (Å²) in [5.41, 5.74) is 3.29. The molecule has 0 spiro atoms. The van der Waals surface area contributed by atoms with Crippen LogP contribution in [0.4, 0.5) is 5.82 Å². The van der Waals surface area contributed by atoms with Gasteiger partial charge < -0.3 is 5.32 Å². The van der Waals surface area contributed by atoms with E-state index in [1.54, 1.807) is 12.1 Å². The Balaban J connectivity index is 1.68. The predicted molar refractivity (Wildman–Crippen MR) is 113 cm³/mol. The van der Waals surface area contributed by atoms with Crippen LogP contribution in [0.5, 0.6) is 0 Å². The number of benzene rings is 3. The van der Waals surface area contributed by atoms with Crippen molar-refractivity contribution in [2.24, 2.45) is 0 Å². The molecule has 0 aliphatic carbocycles. The van der Waals surface area contributed by atoms with E-state index in [1.165, 1.54) is 4.68 Å². The van der Waals surface area contributed by atoms with Gasteiger partial charge in [-0.05, 0) is 29.8 Å². The quantitative estimate of drug-likeness (QED) is 0.491. The number of carbonyl (C=O) groups is 1. The number of nitrogens with zero attached hydrogens (tertiary/aromatic N) is 2. The molecule has 1 heterocycles. The largest absolute Gasteiger partial charge is 0.366 e. The average Bonchev–Trinajstić information content (AvgIpc) is 3.17. The fourth-order valence-corrected chi connectivity index (χ4v) is 3.17. The van der Waals surface area contributed by atoms with E-state index in [-0.39, 0.29) is 5.91 Å². The van der Waals surface area contributed by atoms with E-state index >= 15 is 0 Å². The van der Waals surface area contributed by atoms with E-state index in [0.29, 0.717) is 22.9 Å². The van der Waals surface area contributed by atoms with Crippen LogP contribution in [-0.4, -0.2) is 15.7 Å². The van der Waals surface area contributed by atoms with Gasteiger partial charge in [0.15, 0.2) is 0 Å². The number of hydrogen-bond acceptors (Lipinski definition) is 3. The molecule has 0 saturated carbocycles. The minimum Gasteiger partial charge on any atom is -0.366 e. The van der Waals surface area contributed by atoms with Crippen molar-refractivity contribution in [3.63, 3.8) is 0 Å². The van der Waals surface area contributed by atoms with Crippen LogP contribution in [0.25, 0.3) is 11.3 Å². The second-order valence-corrected chi connectivity index (χ2v) is 6.78. The summed E-state index contributed by atoms with van der Waals surface area (Å²) in [4.78, 5) is 13.0. The highest BCUT2D eigenvalue weighted by atomic mass is 35.5. The number of anilines is 1. The van der Waals surface area contributed by atoms with Gasteiger partial charge in [0.25, 0.3) is 5.91 Å². The molecule has 1 aromatic heterocycles. The summed E-state index contributed by atoms with van der Waals surface area (Å²) in [5, 5.41) is 8.56. The zero-order valence-corrected chi connectivity index (χ0v) is 15.8. The number of aromatic nitrogens is 2. The molecule has 1 N–H and O–H groups in total. The van der Waals surface area contributed by atoms with E-state index < -0.39 is 0 Å². The number of hydrogen-bond donors (Lipinski definition) is 1. The first-order valence-corrected chi connectivity index (χ1v) is 9.32. The average molecular weight is 388 g/mol. The fourth-order valence-electron chi connectivity index (χ4n) is 2.95. The van der Waals surface area contributed by atoms with Crippen LogP contribution < -0.4 is 5.32 Å². The van der Waals surface area contributed by atoms with Gasteiger partial charge in [-0.3, -0.25) is 4.79 Å². The predicted octanol–water partition coefficient (Wildman–Crippen LogP) is 5.50. The van der Waals surface area contributed by atoms with Gasteiger partial charge >= 0.3 is 0 Å². The van der Waals surface area contributed by atoms with Gasteiger partial charge in [0.2, 0.25) is 0 Å². The van der Waals surface area contributed by atoms with Crippen LogP contribution in [-0.2, 0) is 6.54 Å². The topological polar surface area (TPSA) is 46.9 Å². The third-order valence-electron chi connectivity index (χ3n) is 4.35. The van der Waals surface area contributed by atoms with Gasteiger partial charge in [-0.2, -0.15) is 9.78 Å². The van der Waals surface area contributed by atoms with E-state index in [1.807, 2.05) is 78.9 Å². The molecule has 0 saturated heterocycles. The molecule has 0 radical (unpaired) electrons. The van der Waals surface area contributed by atoms with Crippen LogP contribution in [0.3, 0.4) is 0 Å². The molecule has 0 bridgehead atoms. The number of halogens is 1. The Morgan fingerprint density at radius 2 is 1.61 bits per heavy atom. The molecule has 5 heteroatoms. The summed E-state index contributed by atoms with van der Waals surface area (Å²) in [5.74, 6) is 0.448. The lowest BCUT2D eigenvalue weighted by molar-refractivity contribution is 0.0948. The van der Waals surface area contributed by atoms with Crippen molar-refractivity contribution in [2.75, 3.05) is 5.32 Å². The number of rotatable bonds is 5. The van der Waals surface area contributed by atoms with Crippen LogP contribution in [0.1, 0.15) is 15.9 Å². The normalized spacial score (nSPS) is 10.6. The minimum atomic E-state index is -0.184. The molecule has 0 amide bonds. The summed E-state index contributed by atoms with van der Waals surface area (Å²) in [7, 11) is 0.